The molecule has 0 atom stereocenters. The lowest BCUT2D eigenvalue weighted by Gasteiger charge is -2.16. The van der Waals surface area contributed by atoms with Crippen LogP contribution in [-0.2, 0) is 0 Å². The second-order valence-corrected chi connectivity index (χ2v) is 6.88. The van der Waals surface area contributed by atoms with Crippen molar-refractivity contribution in [3.63, 3.8) is 0 Å². The lowest BCUT2D eigenvalue weighted by atomic mass is 9.91. The molecule has 0 unspecified atom stereocenters. The van der Waals surface area contributed by atoms with Crippen LogP contribution < -0.4 is 10.3 Å². The highest BCUT2D eigenvalue weighted by atomic mass is 19.2. The van der Waals surface area contributed by atoms with Crippen molar-refractivity contribution >= 4 is 10.9 Å². The van der Waals surface area contributed by atoms with Gasteiger partial charge in [0, 0.05) is 0 Å². The van der Waals surface area contributed by atoms with Crippen LogP contribution in [0.15, 0.2) is 29.1 Å². The monoisotopic (exact) mass is 372 g/mol. The number of H-pyrrole nitrogens is 1. The Morgan fingerprint density at radius 1 is 1.19 bits per heavy atom. The molecule has 0 aliphatic heterocycles. The topological polar surface area (TPSA) is 55.0 Å². The predicted molar refractivity (Wildman–Crippen MR) is 102 cm³/mol. The van der Waals surface area contributed by atoms with Crippen molar-refractivity contribution in [3.05, 3.63) is 57.6 Å². The van der Waals surface area contributed by atoms with Gasteiger partial charge in [0.25, 0.3) is 5.56 Å². The average Bonchev–Trinajstić information content (AvgIpc) is 2.61. The van der Waals surface area contributed by atoms with Crippen LogP contribution in [0.1, 0.15) is 44.5 Å². The number of hydrogen-bond donors (Lipinski definition) is 1. The number of rotatable bonds is 5. The quantitative estimate of drug-likeness (QED) is 0.679. The normalized spacial score (nSPS) is 11.4. The van der Waals surface area contributed by atoms with Crippen LogP contribution in [0.2, 0.25) is 0 Å². The summed E-state index contributed by atoms with van der Waals surface area (Å²) in [7, 11) is 0. The molecular weight excluding hydrogens is 350 g/mol. The second-order valence-electron chi connectivity index (χ2n) is 6.88. The lowest BCUT2D eigenvalue weighted by Crippen LogP contribution is -2.10. The van der Waals surface area contributed by atoms with Crippen molar-refractivity contribution in [2.75, 3.05) is 6.61 Å². The van der Waals surface area contributed by atoms with E-state index in [2.05, 4.69) is 9.97 Å². The summed E-state index contributed by atoms with van der Waals surface area (Å²) in [5.41, 5.74) is 2.33. The molecule has 3 aromatic rings. The molecule has 0 amide bonds. The molecule has 0 bridgehead atoms. The minimum absolute atomic E-state index is 0.0962. The molecule has 0 fully saturated rings. The van der Waals surface area contributed by atoms with Gasteiger partial charge >= 0.3 is 0 Å². The van der Waals surface area contributed by atoms with E-state index in [1.54, 1.807) is 13.0 Å². The fourth-order valence-electron chi connectivity index (χ4n) is 3.08. The number of aromatic nitrogens is 2. The van der Waals surface area contributed by atoms with Gasteiger partial charge in [0.1, 0.15) is 5.82 Å². The maximum Gasteiger partial charge on any atom is 0.258 e. The molecule has 4 nitrogen and oxygen atoms in total. The molecule has 27 heavy (non-hydrogen) atoms. The van der Waals surface area contributed by atoms with Crippen molar-refractivity contribution in [2.45, 2.75) is 40.0 Å². The Hall–Kier alpha value is -2.76. The van der Waals surface area contributed by atoms with Crippen molar-refractivity contribution in [1.82, 2.24) is 9.97 Å². The van der Waals surface area contributed by atoms with Gasteiger partial charge in [-0.25, -0.2) is 9.37 Å². The number of nitrogens with one attached hydrogen (secondary N) is 1. The standard InChI is InChI=1S/C21H22F2N2O2/c1-5-6-27-19-8-13(7-17(22)20(19)23)15-9-16-18(10-14(15)11(2)3)24-12(4)25-21(16)26/h7-11H,5-6H2,1-4H3,(H,24,25,26). The van der Waals surface area contributed by atoms with E-state index in [1.807, 2.05) is 26.8 Å². The summed E-state index contributed by atoms with van der Waals surface area (Å²) in [6.07, 6.45) is 0.679. The first-order valence-corrected chi connectivity index (χ1v) is 8.98. The summed E-state index contributed by atoms with van der Waals surface area (Å²) in [5.74, 6) is -1.49. The molecule has 1 heterocycles. The van der Waals surface area contributed by atoms with Gasteiger partial charge in [-0.2, -0.15) is 4.39 Å². The third-order valence-electron chi connectivity index (χ3n) is 4.38. The highest BCUT2D eigenvalue weighted by Crippen LogP contribution is 2.35. The third kappa shape index (κ3) is 3.70. The maximum atomic E-state index is 14.2. The minimum atomic E-state index is -1.01. The van der Waals surface area contributed by atoms with Crippen molar-refractivity contribution in [2.24, 2.45) is 0 Å². The Morgan fingerprint density at radius 2 is 1.93 bits per heavy atom. The zero-order chi connectivity index (χ0) is 19.7. The van der Waals surface area contributed by atoms with Gasteiger partial charge in [0.05, 0.1) is 17.5 Å². The van der Waals surface area contributed by atoms with Crippen molar-refractivity contribution in [1.29, 1.82) is 0 Å². The Labute approximate surface area is 156 Å². The summed E-state index contributed by atoms with van der Waals surface area (Å²) < 4.78 is 33.6. The molecule has 0 saturated heterocycles. The van der Waals surface area contributed by atoms with E-state index in [0.717, 1.165) is 11.6 Å². The summed E-state index contributed by atoms with van der Waals surface area (Å²) in [5, 5.41) is 0.403. The number of halogens is 2. The van der Waals surface area contributed by atoms with E-state index >= 15 is 0 Å². The van der Waals surface area contributed by atoms with Crippen LogP contribution in [0.25, 0.3) is 22.0 Å². The smallest absolute Gasteiger partial charge is 0.258 e. The maximum absolute atomic E-state index is 14.2. The Morgan fingerprint density at radius 3 is 2.59 bits per heavy atom. The van der Waals surface area contributed by atoms with Crippen LogP contribution in [0.3, 0.4) is 0 Å². The van der Waals surface area contributed by atoms with Crippen molar-refractivity contribution in [3.8, 4) is 16.9 Å². The Kier molecular flexibility index (Phi) is 5.26. The van der Waals surface area contributed by atoms with Gasteiger partial charge in [0.15, 0.2) is 11.6 Å². The molecular formula is C21H22F2N2O2. The van der Waals surface area contributed by atoms with Crippen LogP contribution in [0, 0.1) is 18.6 Å². The number of fused-ring (bicyclic) bond motifs is 1. The van der Waals surface area contributed by atoms with E-state index in [0.29, 0.717) is 34.3 Å². The van der Waals surface area contributed by atoms with Crippen LogP contribution in [0.5, 0.6) is 5.75 Å². The number of aromatic amines is 1. The second kappa shape index (κ2) is 7.47. The Balaban J connectivity index is 2.28. The molecule has 142 valence electrons. The number of hydrogen-bond acceptors (Lipinski definition) is 3. The molecule has 2 aromatic carbocycles. The van der Waals surface area contributed by atoms with E-state index in [9.17, 15) is 13.6 Å². The molecule has 0 saturated carbocycles. The highest BCUT2D eigenvalue weighted by Gasteiger charge is 2.18. The first-order valence-electron chi connectivity index (χ1n) is 8.98. The van der Waals surface area contributed by atoms with E-state index < -0.39 is 11.6 Å². The average molecular weight is 372 g/mol. The molecule has 0 spiro atoms. The summed E-state index contributed by atoms with van der Waals surface area (Å²) in [4.78, 5) is 19.4. The SMILES string of the molecule is CCCOc1cc(-c2cc3c(=O)[nH]c(C)nc3cc2C(C)C)cc(F)c1F. The van der Waals surface area contributed by atoms with Gasteiger partial charge < -0.3 is 9.72 Å². The largest absolute Gasteiger partial charge is 0.490 e. The molecule has 0 aliphatic rings. The first kappa shape index (κ1) is 19.0. The molecule has 1 aromatic heterocycles. The van der Waals surface area contributed by atoms with Crippen LogP contribution in [0.4, 0.5) is 8.78 Å². The van der Waals surface area contributed by atoms with Gasteiger partial charge in [-0.3, -0.25) is 4.79 Å². The van der Waals surface area contributed by atoms with Gasteiger partial charge in [-0.1, -0.05) is 20.8 Å². The molecule has 0 aliphatic carbocycles. The molecule has 0 radical (unpaired) electrons. The van der Waals surface area contributed by atoms with Gasteiger partial charge in [0.2, 0.25) is 5.82 Å². The molecule has 3 rings (SSSR count). The minimum Gasteiger partial charge on any atom is -0.490 e. The number of ether oxygens (including phenoxy) is 1. The fourth-order valence-corrected chi connectivity index (χ4v) is 3.08. The predicted octanol–water partition coefficient (Wildman–Crippen LogP) is 5.09. The lowest BCUT2D eigenvalue weighted by molar-refractivity contribution is 0.295. The van der Waals surface area contributed by atoms with Gasteiger partial charge in [-0.15, -0.1) is 0 Å². The molecule has 1 N–H and O–H groups in total. The van der Waals surface area contributed by atoms with Gasteiger partial charge in [-0.05, 0) is 60.2 Å². The summed E-state index contributed by atoms with van der Waals surface area (Å²) in [6, 6.07) is 6.14. The fraction of sp³-hybridized carbons (Fsp3) is 0.333. The highest BCUT2D eigenvalue weighted by molar-refractivity contribution is 5.86. The molecule has 6 heteroatoms. The third-order valence-corrected chi connectivity index (χ3v) is 4.38. The number of benzene rings is 2. The zero-order valence-corrected chi connectivity index (χ0v) is 15.8. The number of aryl methyl sites for hydroxylation is 1. The van der Waals surface area contributed by atoms with Crippen molar-refractivity contribution < 1.29 is 13.5 Å². The van der Waals surface area contributed by atoms with E-state index in [1.165, 1.54) is 6.07 Å². The first-order chi connectivity index (χ1) is 12.8. The summed E-state index contributed by atoms with van der Waals surface area (Å²) in [6.45, 7) is 7.89. The van der Waals surface area contributed by atoms with E-state index in [-0.39, 0.29) is 23.8 Å². The number of nitrogens with zero attached hydrogens (tertiary/aromatic N) is 1. The van der Waals surface area contributed by atoms with Crippen LogP contribution in [-0.4, -0.2) is 16.6 Å². The Bertz CT molecular complexity index is 1060. The zero-order valence-electron chi connectivity index (χ0n) is 15.8. The summed E-state index contributed by atoms with van der Waals surface area (Å²) >= 11 is 0. The van der Waals surface area contributed by atoms with Crippen LogP contribution >= 0.6 is 0 Å². The van der Waals surface area contributed by atoms with E-state index in [4.69, 9.17) is 4.74 Å².